The maximum Gasteiger partial charge on any atom is 0.332 e. The smallest absolute Gasteiger partial charge is 0.332 e. The molecule has 0 aliphatic carbocycles. The number of aromatic nitrogens is 1. The van der Waals surface area contributed by atoms with Gasteiger partial charge < -0.3 is 33.7 Å². The van der Waals surface area contributed by atoms with Crippen LogP contribution in [0.4, 0.5) is 0 Å². The van der Waals surface area contributed by atoms with Gasteiger partial charge in [0.15, 0.2) is 29.3 Å². The third-order valence-corrected chi connectivity index (χ3v) is 6.65. The van der Waals surface area contributed by atoms with Crippen molar-refractivity contribution in [1.29, 1.82) is 0 Å². The summed E-state index contributed by atoms with van der Waals surface area (Å²) in [6.07, 6.45) is -0.811. The van der Waals surface area contributed by atoms with Crippen molar-refractivity contribution in [3.05, 3.63) is 53.9 Å². The average molecular weight is 615 g/mol. The van der Waals surface area contributed by atoms with E-state index < -0.39 is 79.2 Å². The van der Waals surface area contributed by atoms with Gasteiger partial charge in [-0.2, -0.15) is 0 Å². The molecule has 1 saturated heterocycles. The van der Waals surface area contributed by atoms with Crippen LogP contribution < -0.4 is 14.8 Å². The molecule has 2 unspecified atom stereocenters. The van der Waals surface area contributed by atoms with E-state index in [4.69, 9.17) is 28.4 Å². The molecule has 1 aliphatic rings. The summed E-state index contributed by atoms with van der Waals surface area (Å²) >= 11 is 0. The Kier molecular flexibility index (Phi) is 12.1. The number of nitrogens with zero attached hydrogens (tertiary/aromatic N) is 1. The molecule has 1 aromatic carbocycles. The highest BCUT2D eigenvalue weighted by Gasteiger charge is 2.42. The molecule has 1 N–H and O–H groups in total. The molecular weight excluding hydrogens is 576 g/mol. The first-order valence-corrected chi connectivity index (χ1v) is 14.2. The minimum Gasteiger partial charge on any atom is -0.493 e. The topological polar surface area (TPSA) is 166 Å². The SMILES string of the molecule is COc1ccnc(C(=O)N[C@H]2COC(=O)[C@H](Cc3ccccc3)C(OC(=O)C(C)C)C(C)OC2=O)c1OCOC(=O)C(C)C. The molecule has 0 spiro atoms. The molecule has 2 aromatic rings. The van der Waals surface area contributed by atoms with Crippen LogP contribution in [0.15, 0.2) is 42.6 Å². The minimum atomic E-state index is -1.45. The van der Waals surface area contributed by atoms with Crippen molar-refractivity contribution < 1.29 is 52.4 Å². The van der Waals surface area contributed by atoms with Gasteiger partial charge in [-0.25, -0.2) is 9.78 Å². The summed E-state index contributed by atoms with van der Waals surface area (Å²) in [5, 5.41) is 2.46. The molecule has 0 radical (unpaired) electrons. The molecule has 1 aromatic heterocycles. The Morgan fingerprint density at radius 2 is 1.68 bits per heavy atom. The highest BCUT2D eigenvalue weighted by atomic mass is 16.7. The van der Waals surface area contributed by atoms with Crippen LogP contribution >= 0.6 is 0 Å². The van der Waals surface area contributed by atoms with E-state index in [0.717, 1.165) is 5.56 Å². The van der Waals surface area contributed by atoms with Gasteiger partial charge in [0.25, 0.3) is 5.91 Å². The van der Waals surface area contributed by atoms with Crippen molar-refractivity contribution in [3.8, 4) is 11.5 Å². The number of hydrogen-bond acceptors (Lipinski definition) is 12. The largest absolute Gasteiger partial charge is 0.493 e. The summed E-state index contributed by atoms with van der Waals surface area (Å²) in [7, 11) is 1.34. The number of carbonyl (C=O) groups is 5. The number of nitrogens with one attached hydrogen (secondary N) is 1. The van der Waals surface area contributed by atoms with Gasteiger partial charge >= 0.3 is 23.9 Å². The van der Waals surface area contributed by atoms with E-state index >= 15 is 0 Å². The maximum absolute atomic E-state index is 13.4. The van der Waals surface area contributed by atoms with E-state index in [1.54, 1.807) is 39.8 Å². The molecule has 238 valence electrons. The zero-order chi connectivity index (χ0) is 32.4. The predicted molar refractivity (Wildman–Crippen MR) is 153 cm³/mol. The molecule has 44 heavy (non-hydrogen) atoms. The lowest BCUT2D eigenvalue weighted by Crippen LogP contribution is -2.47. The third kappa shape index (κ3) is 8.91. The number of carbonyl (C=O) groups excluding carboxylic acids is 5. The van der Waals surface area contributed by atoms with Crippen LogP contribution in [0.25, 0.3) is 0 Å². The number of pyridine rings is 1. The van der Waals surface area contributed by atoms with Gasteiger partial charge in [0.2, 0.25) is 6.79 Å². The summed E-state index contributed by atoms with van der Waals surface area (Å²) in [5.41, 5.74) is 0.487. The Bertz CT molecular complexity index is 1330. The first-order chi connectivity index (χ1) is 20.9. The van der Waals surface area contributed by atoms with E-state index in [9.17, 15) is 24.0 Å². The Hall–Kier alpha value is -4.68. The maximum atomic E-state index is 13.4. The van der Waals surface area contributed by atoms with Crippen molar-refractivity contribution in [1.82, 2.24) is 10.3 Å². The van der Waals surface area contributed by atoms with Crippen LogP contribution in [0, 0.1) is 17.8 Å². The van der Waals surface area contributed by atoms with Gasteiger partial charge in [0, 0.05) is 12.3 Å². The monoisotopic (exact) mass is 614 g/mol. The highest BCUT2D eigenvalue weighted by molar-refractivity contribution is 5.98. The third-order valence-electron chi connectivity index (χ3n) is 6.65. The number of methoxy groups -OCH3 is 1. The lowest BCUT2D eigenvalue weighted by Gasteiger charge is -2.29. The van der Waals surface area contributed by atoms with Crippen LogP contribution in [0.5, 0.6) is 11.5 Å². The predicted octanol–water partition coefficient (Wildman–Crippen LogP) is 2.64. The van der Waals surface area contributed by atoms with E-state index in [2.05, 4.69) is 10.3 Å². The zero-order valence-electron chi connectivity index (χ0n) is 25.6. The van der Waals surface area contributed by atoms with E-state index in [1.165, 1.54) is 26.3 Å². The van der Waals surface area contributed by atoms with Crippen LogP contribution in [0.2, 0.25) is 0 Å². The summed E-state index contributed by atoms with van der Waals surface area (Å²) in [6, 6.07) is 9.03. The van der Waals surface area contributed by atoms with Crippen molar-refractivity contribution in [2.45, 2.75) is 59.3 Å². The van der Waals surface area contributed by atoms with Gasteiger partial charge in [0.1, 0.15) is 18.6 Å². The molecule has 13 heteroatoms. The Labute approximate surface area is 255 Å². The lowest BCUT2D eigenvalue weighted by atomic mass is 9.91. The fourth-order valence-corrected chi connectivity index (χ4v) is 4.18. The molecule has 2 heterocycles. The molecule has 0 saturated carbocycles. The first kappa shape index (κ1) is 33.8. The number of benzene rings is 1. The van der Waals surface area contributed by atoms with Crippen LogP contribution in [0.3, 0.4) is 0 Å². The standard InChI is InChI=1S/C31H38N2O11/c1-17(2)28(35)42-16-41-26-23(39-6)12-13-32-24(26)27(34)33-22-15-40-30(37)21(14-20-10-8-7-9-11-20)25(19(5)43-31(22)38)44-29(36)18(3)4/h7-13,17-19,21-22,25H,14-16H2,1-6H3,(H,33,34)/t19?,21-,22+,25?/m1/s1. The van der Waals surface area contributed by atoms with Crippen molar-refractivity contribution >= 4 is 29.8 Å². The fraction of sp³-hybridized carbons (Fsp3) is 0.484. The Morgan fingerprint density at radius 3 is 2.32 bits per heavy atom. The number of esters is 4. The lowest BCUT2D eigenvalue weighted by molar-refractivity contribution is -0.176. The molecule has 3 rings (SSSR count). The zero-order valence-corrected chi connectivity index (χ0v) is 25.6. The molecule has 4 atom stereocenters. The van der Waals surface area contributed by atoms with Gasteiger partial charge in [-0.05, 0) is 18.9 Å². The Balaban J connectivity index is 1.85. The second-order valence-electron chi connectivity index (χ2n) is 10.7. The summed E-state index contributed by atoms with van der Waals surface area (Å²) in [5.74, 6) is -5.61. The molecule has 1 amide bonds. The van der Waals surface area contributed by atoms with Crippen LogP contribution in [0.1, 0.15) is 50.7 Å². The normalized spacial score (nSPS) is 20.4. The number of hydrogen-bond donors (Lipinski definition) is 1. The van der Waals surface area contributed by atoms with Gasteiger partial charge in [-0.3, -0.25) is 19.2 Å². The number of amides is 1. The summed E-state index contributed by atoms with van der Waals surface area (Å²) in [4.78, 5) is 68.5. The number of cyclic esters (lactones) is 2. The molecule has 13 nitrogen and oxygen atoms in total. The van der Waals surface area contributed by atoms with E-state index in [0.29, 0.717) is 0 Å². The van der Waals surface area contributed by atoms with Gasteiger partial charge in [-0.15, -0.1) is 0 Å². The molecule has 0 bridgehead atoms. The minimum absolute atomic E-state index is 0.112. The van der Waals surface area contributed by atoms with Crippen molar-refractivity contribution in [2.24, 2.45) is 17.8 Å². The number of ether oxygens (including phenoxy) is 6. The second-order valence-corrected chi connectivity index (χ2v) is 10.7. The van der Waals surface area contributed by atoms with E-state index in [-0.39, 0.29) is 23.6 Å². The summed E-state index contributed by atoms with van der Waals surface area (Å²) < 4.78 is 32.6. The van der Waals surface area contributed by atoms with Gasteiger partial charge in [-0.1, -0.05) is 58.0 Å². The van der Waals surface area contributed by atoms with Gasteiger partial charge in [0.05, 0.1) is 18.9 Å². The average Bonchev–Trinajstić information content (AvgIpc) is 3.03. The quantitative estimate of drug-likeness (QED) is 0.224. The van der Waals surface area contributed by atoms with Crippen molar-refractivity contribution in [2.75, 3.05) is 20.5 Å². The van der Waals surface area contributed by atoms with Crippen LogP contribution in [-0.4, -0.2) is 73.5 Å². The molecule has 1 aliphatic heterocycles. The highest BCUT2D eigenvalue weighted by Crippen LogP contribution is 2.30. The van der Waals surface area contributed by atoms with Crippen molar-refractivity contribution in [3.63, 3.8) is 0 Å². The Morgan fingerprint density at radius 1 is 1.00 bits per heavy atom. The molecular formula is C31H38N2O11. The number of rotatable bonds is 11. The molecule has 1 fully saturated rings. The van der Waals surface area contributed by atoms with E-state index in [1.807, 2.05) is 18.2 Å². The first-order valence-electron chi connectivity index (χ1n) is 14.2. The van der Waals surface area contributed by atoms with Crippen LogP contribution in [-0.2, 0) is 44.5 Å². The summed E-state index contributed by atoms with van der Waals surface area (Å²) in [6.45, 7) is 6.98. The fourth-order valence-electron chi connectivity index (χ4n) is 4.18. The second kappa shape index (κ2) is 15.7.